The zero-order valence-electron chi connectivity index (χ0n) is 18.6. The van der Waals surface area contributed by atoms with Crippen LogP contribution in [-0.4, -0.2) is 51.3 Å². The molecule has 1 atom stereocenters. The summed E-state index contributed by atoms with van der Waals surface area (Å²) in [7, 11) is 3.27. The SMILES string of the molecule is CCc1cc([C@H](c2ccc(OC)c(OC)c2)N2CCOCC2)c(NC(=O)c2ccco2)s1. The van der Waals surface area contributed by atoms with Gasteiger partial charge in [-0.3, -0.25) is 9.69 Å². The molecule has 0 unspecified atom stereocenters. The molecule has 8 heteroatoms. The molecular weight excluding hydrogens is 428 g/mol. The van der Waals surface area contributed by atoms with Crippen LogP contribution in [0.1, 0.15) is 39.5 Å². The molecule has 2 aromatic heterocycles. The van der Waals surface area contributed by atoms with Gasteiger partial charge < -0.3 is 23.9 Å². The quantitative estimate of drug-likeness (QED) is 0.534. The first kappa shape index (κ1) is 22.4. The molecule has 1 N–H and O–H groups in total. The molecule has 170 valence electrons. The molecule has 0 bridgehead atoms. The molecule has 4 rings (SSSR count). The molecule has 3 heterocycles. The van der Waals surface area contributed by atoms with Crippen molar-refractivity contribution in [1.82, 2.24) is 4.90 Å². The third-order valence-electron chi connectivity index (χ3n) is 5.56. The second kappa shape index (κ2) is 10.2. The van der Waals surface area contributed by atoms with Gasteiger partial charge in [0.25, 0.3) is 5.91 Å². The van der Waals surface area contributed by atoms with Crippen molar-refractivity contribution in [1.29, 1.82) is 0 Å². The number of carbonyl (C=O) groups excluding carboxylic acids is 1. The normalized spacial score (nSPS) is 15.3. The Hall–Kier alpha value is -2.81. The summed E-state index contributed by atoms with van der Waals surface area (Å²) in [4.78, 5) is 16.4. The van der Waals surface area contributed by atoms with Crippen molar-refractivity contribution in [2.45, 2.75) is 19.4 Å². The van der Waals surface area contributed by atoms with E-state index in [9.17, 15) is 4.79 Å². The molecule has 1 fully saturated rings. The van der Waals surface area contributed by atoms with E-state index in [0.29, 0.717) is 24.7 Å². The molecule has 0 radical (unpaired) electrons. The van der Waals surface area contributed by atoms with Crippen LogP contribution in [0.15, 0.2) is 47.1 Å². The van der Waals surface area contributed by atoms with E-state index in [0.717, 1.165) is 35.6 Å². The van der Waals surface area contributed by atoms with E-state index >= 15 is 0 Å². The standard InChI is InChI=1S/C24H28N2O5S/c1-4-17-15-18(24(32-17)25-23(27)20-6-5-11-31-20)22(26-9-12-30-13-10-26)16-7-8-19(28-2)21(14-16)29-3/h5-8,11,14-15,22H,4,9-10,12-13H2,1-3H3,(H,25,27)/t22-/m0/s1. The lowest BCUT2D eigenvalue weighted by molar-refractivity contribution is 0.0241. The van der Waals surface area contributed by atoms with Crippen LogP contribution < -0.4 is 14.8 Å². The minimum atomic E-state index is -0.256. The lowest BCUT2D eigenvalue weighted by Gasteiger charge is -2.35. The fourth-order valence-electron chi connectivity index (χ4n) is 3.95. The molecule has 1 saturated heterocycles. The number of carbonyl (C=O) groups is 1. The van der Waals surface area contributed by atoms with E-state index in [2.05, 4.69) is 29.3 Å². The second-order valence-electron chi connectivity index (χ2n) is 7.45. The van der Waals surface area contributed by atoms with Crippen molar-refractivity contribution < 1.29 is 23.4 Å². The van der Waals surface area contributed by atoms with Crippen LogP contribution in [0.2, 0.25) is 0 Å². The summed E-state index contributed by atoms with van der Waals surface area (Å²) in [5, 5.41) is 3.91. The maximum absolute atomic E-state index is 12.8. The van der Waals surface area contributed by atoms with E-state index < -0.39 is 0 Å². The maximum Gasteiger partial charge on any atom is 0.291 e. The highest BCUT2D eigenvalue weighted by Gasteiger charge is 2.29. The largest absolute Gasteiger partial charge is 0.493 e. The number of hydrogen-bond acceptors (Lipinski definition) is 7. The molecular formula is C24H28N2O5S. The molecule has 1 aliphatic heterocycles. The molecule has 1 aliphatic rings. The maximum atomic E-state index is 12.8. The predicted molar refractivity (Wildman–Crippen MR) is 124 cm³/mol. The predicted octanol–water partition coefficient (Wildman–Crippen LogP) is 4.59. The van der Waals surface area contributed by atoms with Crippen LogP contribution in [0.3, 0.4) is 0 Å². The number of methoxy groups -OCH3 is 2. The number of nitrogens with one attached hydrogen (secondary N) is 1. The first-order valence-electron chi connectivity index (χ1n) is 10.7. The number of morpholine rings is 1. The van der Waals surface area contributed by atoms with Gasteiger partial charge in [-0.25, -0.2) is 0 Å². The number of aryl methyl sites for hydroxylation is 1. The lowest BCUT2D eigenvalue weighted by Crippen LogP contribution is -2.39. The van der Waals surface area contributed by atoms with Crippen molar-refractivity contribution in [3.8, 4) is 11.5 Å². The average molecular weight is 457 g/mol. The third kappa shape index (κ3) is 4.67. The monoisotopic (exact) mass is 456 g/mol. The summed E-state index contributed by atoms with van der Waals surface area (Å²) < 4.78 is 21.9. The summed E-state index contributed by atoms with van der Waals surface area (Å²) in [6.07, 6.45) is 2.39. The number of benzene rings is 1. The lowest BCUT2D eigenvalue weighted by atomic mass is 9.97. The first-order chi connectivity index (χ1) is 15.6. The van der Waals surface area contributed by atoms with Gasteiger partial charge in [-0.05, 0) is 42.3 Å². The van der Waals surface area contributed by atoms with E-state index in [-0.39, 0.29) is 17.7 Å². The molecule has 3 aromatic rings. The molecule has 1 aromatic carbocycles. The molecule has 32 heavy (non-hydrogen) atoms. The van der Waals surface area contributed by atoms with Gasteiger partial charge in [0, 0.05) is 23.5 Å². The van der Waals surface area contributed by atoms with E-state index in [1.807, 2.05) is 12.1 Å². The Balaban J connectivity index is 1.77. The third-order valence-corrected chi connectivity index (χ3v) is 6.77. The summed E-state index contributed by atoms with van der Waals surface area (Å²) in [5.74, 6) is 1.39. The van der Waals surface area contributed by atoms with Gasteiger partial charge in [-0.2, -0.15) is 0 Å². The Bertz CT molecular complexity index is 1040. The number of ether oxygens (including phenoxy) is 3. The topological polar surface area (TPSA) is 73.2 Å². The zero-order chi connectivity index (χ0) is 22.5. The number of anilines is 1. The van der Waals surface area contributed by atoms with Crippen LogP contribution >= 0.6 is 11.3 Å². The summed E-state index contributed by atoms with van der Waals surface area (Å²) >= 11 is 1.60. The van der Waals surface area contributed by atoms with Gasteiger partial charge >= 0.3 is 0 Å². The van der Waals surface area contributed by atoms with Crippen molar-refractivity contribution >= 4 is 22.2 Å². The highest BCUT2D eigenvalue weighted by Crippen LogP contribution is 2.42. The number of rotatable bonds is 8. The first-order valence-corrected chi connectivity index (χ1v) is 11.5. The van der Waals surface area contributed by atoms with Crippen LogP contribution in [0.4, 0.5) is 5.00 Å². The Morgan fingerprint density at radius 2 is 1.94 bits per heavy atom. The van der Waals surface area contributed by atoms with Crippen molar-refractivity contribution in [2.75, 3.05) is 45.8 Å². The smallest absolute Gasteiger partial charge is 0.291 e. The molecule has 0 spiro atoms. The highest BCUT2D eigenvalue weighted by atomic mass is 32.1. The molecule has 0 aliphatic carbocycles. The van der Waals surface area contributed by atoms with E-state index in [4.69, 9.17) is 18.6 Å². The van der Waals surface area contributed by atoms with E-state index in [1.165, 1.54) is 11.1 Å². The van der Waals surface area contributed by atoms with Crippen LogP contribution in [-0.2, 0) is 11.2 Å². The van der Waals surface area contributed by atoms with Gasteiger partial charge in [0.05, 0.1) is 39.7 Å². The number of thiophene rings is 1. The van der Waals surface area contributed by atoms with Gasteiger partial charge in [0.2, 0.25) is 0 Å². The van der Waals surface area contributed by atoms with Crippen molar-refractivity contribution in [3.05, 3.63) is 64.4 Å². The number of furan rings is 1. The molecule has 1 amide bonds. The summed E-state index contributed by atoms with van der Waals surface area (Å²) in [6.45, 7) is 5.04. The van der Waals surface area contributed by atoms with Crippen molar-refractivity contribution in [3.63, 3.8) is 0 Å². The zero-order valence-corrected chi connectivity index (χ0v) is 19.4. The summed E-state index contributed by atoms with van der Waals surface area (Å²) in [5.41, 5.74) is 2.12. The minimum Gasteiger partial charge on any atom is -0.493 e. The van der Waals surface area contributed by atoms with E-state index in [1.54, 1.807) is 37.7 Å². The Morgan fingerprint density at radius 1 is 1.16 bits per heavy atom. The highest BCUT2D eigenvalue weighted by molar-refractivity contribution is 7.16. The van der Waals surface area contributed by atoms with Crippen LogP contribution in [0.5, 0.6) is 11.5 Å². The van der Waals surface area contributed by atoms with Crippen LogP contribution in [0.25, 0.3) is 0 Å². The Morgan fingerprint density at radius 3 is 2.59 bits per heavy atom. The Labute approximate surface area is 191 Å². The Kier molecular flexibility index (Phi) is 7.14. The minimum absolute atomic E-state index is 0.0674. The average Bonchev–Trinajstić information content (AvgIpc) is 3.50. The fraction of sp³-hybridized carbons (Fsp3) is 0.375. The second-order valence-corrected chi connectivity index (χ2v) is 8.58. The van der Waals surface area contributed by atoms with Gasteiger partial charge in [0.15, 0.2) is 17.3 Å². The van der Waals surface area contributed by atoms with Crippen molar-refractivity contribution in [2.24, 2.45) is 0 Å². The van der Waals surface area contributed by atoms with Crippen LogP contribution in [0, 0.1) is 0 Å². The van der Waals surface area contributed by atoms with Gasteiger partial charge in [-0.15, -0.1) is 11.3 Å². The fourth-order valence-corrected chi connectivity index (χ4v) is 4.98. The van der Waals surface area contributed by atoms with Gasteiger partial charge in [0.1, 0.15) is 5.00 Å². The molecule has 7 nitrogen and oxygen atoms in total. The van der Waals surface area contributed by atoms with Gasteiger partial charge in [-0.1, -0.05) is 13.0 Å². The summed E-state index contributed by atoms with van der Waals surface area (Å²) in [6, 6.07) is 11.5. The number of hydrogen-bond donors (Lipinski definition) is 1. The number of amides is 1. The molecule has 0 saturated carbocycles. The number of nitrogens with zero attached hydrogens (tertiary/aromatic N) is 1.